The summed E-state index contributed by atoms with van der Waals surface area (Å²) in [4.78, 5) is 1.21. The zero-order valence-electron chi connectivity index (χ0n) is 11.4. The minimum atomic E-state index is 0.592. The van der Waals surface area contributed by atoms with E-state index in [1.165, 1.54) is 10.4 Å². The van der Waals surface area contributed by atoms with Crippen molar-refractivity contribution in [3.63, 3.8) is 0 Å². The van der Waals surface area contributed by atoms with E-state index in [0.717, 1.165) is 24.6 Å². The van der Waals surface area contributed by atoms with Crippen LogP contribution in [-0.2, 0) is 13.2 Å². The van der Waals surface area contributed by atoms with Gasteiger partial charge in [-0.05, 0) is 36.6 Å². The molecule has 0 spiro atoms. The molecular weight excluding hydrogens is 258 g/mol. The molecule has 0 unspecified atom stereocenters. The highest BCUT2D eigenvalue weighted by Gasteiger charge is 2.07. The second-order valence-corrected chi connectivity index (χ2v) is 5.29. The van der Waals surface area contributed by atoms with E-state index in [2.05, 4.69) is 35.8 Å². The van der Waals surface area contributed by atoms with Crippen LogP contribution in [0.1, 0.15) is 17.4 Å². The van der Waals surface area contributed by atoms with Gasteiger partial charge in [-0.25, -0.2) is 0 Å². The summed E-state index contributed by atoms with van der Waals surface area (Å²) < 4.78 is 11.2. The van der Waals surface area contributed by atoms with E-state index in [0.29, 0.717) is 6.61 Å². The molecule has 0 radical (unpaired) electrons. The van der Waals surface area contributed by atoms with Crippen LogP contribution in [0.3, 0.4) is 0 Å². The maximum atomic E-state index is 5.81. The van der Waals surface area contributed by atoms with Crippen molar-refractivity contribution >= 4 is 11.3 Å². The van der Waals surface area contributed by atoms with Crippen LogP contribution in [0.15, 0.2) is 35.7 Å². The molecule has 0 aliphatic carbocycles. The number of hydrogen-bond acceptors (Lipinski definition) is 3. The monoisotopic (exact) mass is 278 g/mol. The van der Waals surface area contributed by atoms with Gasteiger partial charge in [0.25, 0.3) is 0 Å². The first-order chi connectivity index (χ1) is 9.33. The first kappa shape index (κ1) is 13.9. The van der Waals surface area contributed by atoms with Crippen LogP contribution in [0, 0.1) is 0 Å². The van der Waals surface area contributed by atoms with Crippen molar-refractivity contribution in [1.82, 2.24) is 0 Å². The van der Waals surface area contributed by atoms with E-state index in [-0.39, 0.29) is 0 Å². The van der Waals surface area contributed by atoms with Gasteiger partial charge in [0.2, 0.25) is 0 Å². The number of ether oxygens (including phenoxy) is 2. The first-order valence-corrected chi connectivity index (χ1v) is 7.35. The summed E-state index contributed by atoms with van der Waals surface area (Å²) in [5, 5.41) is 4.31. The topological polar surface area (TPSA) is 35.1 Å². The van der Waals surface area contributed by atoms with Gasteiger partial charge in [-0.3, -0.25) is 0 Å². The highest BCUT2D eigenvalue weighted by atomic mass is 32.1. The van der Waals surface area contributed by atoms with Crippen molar-refractivity contribution in [3.05, 3.63) is 46.2 Å². The van der Waals surface area contributed by atoms with Crippen LogP contribution < -0.4 is 14.8 Å². The van der Waals surface area contributed by atoms with Crippen molar-refractivity contribution in [3.8, 4) is 11.5 Å². The van der Waals surface area contributed by atoms with Crippen molar-refractivity contribution in [1.29, 1.82) is 0 Å². The maximum Gasteiger partial charge on any atom is 0.161 e. The molecule has 0 amide bonds. The molecule has 0 aliphatic rings. The summed E-state index contributed by atoms with van der Waals surface area (Å²) in [6.45, 7) is 4.79. The lowest BCUT2D eigenvalue weighted by atomic mass is 10.2. The molecular formula is C15H20NO2S+. The standard InChI is InChI=1S/C15H19NO2S/c1-3-16-10-12-6-7-14(15(9-12)17-2)18-11-13-5-4-8-19-13/h4-9,16H,3,10-11H2,1-2H3/p+1. The predicted molar refractivity (Wildman–Crippen MR) is 77.8 cm³/mol. The summed E-state index contributed by atoms with van der Waals surface area (Å²) in [7, 11) is 1.68. The molecule has 2 aromatic rings. The van der Waals surface area contributed by atoms with Gasteiger partial charge < -0.3 is 14.8 Å². The summed E-state index contributed by atoms with van der Waals surface area (Å²) in [6.07, 6.45) is 0. The lowest BCUT2D eigenvalue weighted by Crippen LogP contribution is -2.81. The normalized spacial score (nSPS) is 10.4. The van der Waals surface area contributed by atoms with Crippen molar-refractivity contribution in [2.75, 3.05) is 13.7 Å². The van der Waals surface area contributed by atoms with Gasteiger partial charge in [0.05, 0.1) is 13.7 Å². The third-order valence-electron chi connectivity index (χ3n) is 2.85. The molecule has 102 valence electrons. The Morgan fingerprint density at radius 2 is 2.11 bits per heavy atom. The Bertz CT molecular complexity index is 497. The first-order valence-electron chi connectivity index (χ1n) is 6.47. The smallest absolute Gasteiger partial charge is 0.161 e. The van der Waals surface area contributed by atoms with Crippen LogP contribution in [0.4, 0.5) is 0 Å². The molecule has 0 atom stereocenters. The molecule has 2 N–H and O–H groups in total. The maximum absolute atomic E-state index is 5.81. The van der Waals surface area contributed by atoms with Crippen LogP contribution in [0.5, 0.6) is 11.5 Å². The molecule has 19 heavy (non-hydrogen) atoms. The highest BCUT2D eigenvalue weighted by molar-refractivity contribution is 7.09. The average molecular weight is 278 g/mol. The van der Waals surface area contributed by atoms with Gasteiger partial charge in [-0.1, -0.05) is 6.07 Å². The fourth-order valence-corrected chi connectivity index (χ4v) is 2.43. The van der Waals surface area contributed by atoms with Crippen LogP contribution in [0.2, 0.25) is 0 Å². The SMILES string of the molecule is CC[NH2+]Cc1ccc(OCc2cccs2)c(OC)c1. The molecule has 0 saturated heterocycles. The number of methoxy groups -OCH3 is 1. The number of hydrogen-bond donors (Lipinski definition) is 1. The van der Waals surface area contributed by atoms with E-state index < -0.39 is 0 Å². The zero-order chi connectivity index (χ0) is 13.5. The largest absolute Gasteiger partial charge is 0.493 e. The molecule has 0 fully saturated rings. The lowest BCUT2D eigenvalue weighted by molar-refractivity contribution is -0.667. The second kappa shape index (κ2) is 7.16. The second-order valence-electron chi connectivity index (χ2n) is 4.25. The quantitative estimate of drug-likeness (QED) is 0.844. The lowest BCUT2D eigenvalue weighted by Gasteiger charge is -2.11. The molecule has 0 bridgehead atoms. The van der Waals surface area contributed by atoms with Gasteiger partial charge >= 0.3 is 0 Å². The number of quaternary nitrogens is 1. The van der Waals surface area contributed by atoms with Gasteiger partial charge in [0, 0.05) is 10.4 Å². The van der Waals surface area contributed by atoms with E-state index in [1.54, 1.807) is 18.4 Å². The summed E-state index contributed by atoms with van der Waals surface area (Å²) in [5.74, 6) is 1.61. The molecule has 2 rings (SSSR count). The Morgan fingerprint density at radius 1 is 1.21 bits per heavy atom. The average Bonchev–Trinajstić information content (AvgIpc) is 2.96. The van der Waals surface area contributed by atoms with Gasteiger partial charge in [-0.2, -0.15) is 0 Å². The molecule has 1 heterocycles. The van der Waals surface area contributed by atoms with Gasteiger partial charge in [0.15, 0.2) is 11.5 Å². The number of benzene rings is 1. The molecule has 1 aromatic heterocycles. The van der Waals surface area contributed by atoms with E-state index in [4.69, 9.17) is 9.47 Å². The fraction of sp³-hybridized carbons (Fsp3) is 0.333. The van der Waals surface area contributed by atoms with Crippen LogP contribution >= 0.6 is 11.3 Å². The van der Waals surface area contributed by atoms with E-state index >= 15 is 0 Å². The number of nitrogens with two attached hydrogens (primary N) is 1. The third-order valence-corrected chi connectivity index (χ3v) is 3.70. The van der Waals surface area contributed by atoms with Gasteiger partial charge in [0.1, 0.15) is 13.2 Å². The molecule has 3 nitrogen and oxygen atoms in total. The van der Waals surface area contributed by atoms with E-state index in [1.807, 2.05) is 12.1 Å². The zero-order valence-corrected chi connectivity index (χ0v) is 12.2. The molecule has 0 saturated carbocycles. The minimum absolute atomic E-state index is 0.592. The van der Waals surface area contributed by atoms with Crippen LogP contribution in [0.25, 0.3) is 0 Å². The third kappa shape index (κ3) is 3.98. The number of thiophene rings is 1. The summed E-state index contributed by atoms with van der Waals surface area (Å²) >= 11 is 1.70. The minimum Gasteiger partial charge on any atom is -0.493 e. The van der Waals surface area contributed by atoms with E-state index in [9.17, 15) is 0 Å². The fourth-order valence-electron chi connectivity index (χ4n) is 1.81. The Kier molecular flexibility index (Phi) is 5.24. The number of rotatable bonds is 7. The van der Waals surface area contributed by atoms with Crippen molar-refractivity contribution < 1.29 is 14.8 Å². The Labute approximate surface area is 118 Å². The summed E-state index contributed by atoms with van der Waals surface area (Å²) in [6, 6.07) is 10.2. The van der Waals surface area contributed by atoms with Gasteiger partial charge in [-0.15, -0.1) is 11.3 Å². The molecule has 1 aromatic carbocycles. The highest BCUT2D eigenvalue weighted by Crippen LogP contribution is 2.29. The Balaban J connectivity index is 2.03. The van der Waals surface area contributed by atoms with Crippen molar-refractivity contribution in [2.45, 2.75) is 20.1 Å². The summed E-state index contributed by atoms with van der Waals surface area (Å²) in [5.41, 5.74) is 1.25. The Hall–Kier alpha value is -1.52. The molecule has 4 heteroatoms. The van der Waals surface area contributed by atoms with Crippen molar-refractivity contribution in [2.24, 2.45) is 0 Å². The van der Waals surface area contributed by atoms with Crippen LogP contribution in [-0.4, -0.2) is 13.7 Å². The Morgan fingerprint density at radius 3 is 2.79 bits per heavy atom. The predicted octanol–water partition coefficient (Wildman–Crippen LogP) is 2.42. The molecule has 0 aliphatic heterocycles.